The number of carbonyl (C=O) groups excluding carboxylic acids is 7. The molecular formula is C41H51NO19. The van der Waals surface area contributed by atoms with Gasteiger partial charge in [0.2, 0.25) is 5.91 Å². The van der Waals surface area contributed by atoms with Crippen molar-refractivity contribution in [1.82, 2.24) is 0 Å². The number of benzene rings is 2. The molecule has 0 aliphatic carbocycles. The summed E-state index contributed by atoms with van der Waals surface area (Å²) in [5.41, 5.74) is 0.780. The maximum absolute atomic E-state index is 12.8. The van der Waals surface area contributed by atoms with Crippen LogP contribution in [0, 0.1) is 5.92 Å². The number of amides is 1. The van der Waals surface area contributed by atoms with Crippen molar-refractivity contribution in [2.45, 2.75) is 116 Å². The molecule has 2 aromatic carbocycles. The molecule has 20 nitrogen and oxygen atoms in total. The summed E-state index contributed by atoms with van der Waals surface area (Å²) in [7, 11) is 2.54. The molecule has 2 aromatic rings. The predicted molar refractivity (Wildman–Crippen MR) is 206 cm³/mol. The summed E-state index contributed by atoms with van der Waals surface area (Å²) < 4.78 is 62.7. The minimum atomic E-state index is -1.83. The van der Waals surface area contributed by atoms with Gasteiger partial charge in [-0.15, -0.1) is 0 Å². The Morgan fingerprint density at radius 1 is 0.689 bits per heavy atom. The third kappa shape index (κ3) is 13.1. The number of aliphatic hydroxyl groups is 1. The standard InChI is InChI=1S/C41H51NO19/c1-19(2)40(50)42-26-11-13-27(14-12-26)58-29-16-25(10-15-28(29)51-8)34-33(49)37(35(54-21(4)44)30(59-34)17-32(48)52-9)61-41-39(57-24(7)47)38(56-23(6)46)36(55-22(5)45)31(60-41)18-53-20(3)43/h10-16,19,30-31,33-39,41,49H,17-18H2,1-9H3,(H,42,50)/t30-,31-,33-,34-,35-,36-,37-,38+,39+,41-/m1/s1. The number of esters is 6. The maximum Gasteiger partial charge on any atom is 0.308 e. The minimum Gasteiger partial charge on any atom is -0.493 e. The van der Waals surface area contributed by atoms with Crippen LogP contribution in [0.4, 0.5) is 5.69 Å². The van der Waals surface area contributed by atoms with Crippen molar-refractivity contribution in [2.24, 2.45) is 5.92 Å². The molecule has 2 aliphatic rings. The van der Waals surface area contributed by atoms with E-state index in [4.69, 9.17) is 52.1 Å². The van der Waals surface area contributed by atoms with Gasteiger partial charge in [0.1, 0.15) is 42.9 Å². The van der Waals surface area contributed by atoms with Crippen LogP contribution in [-0.4, -0.2) is 123 Å². The molecule has 0 aromatic heterocycles. The van der Waals surface area contributed by atoms with Crippen LogP contribution in [0.1, 0.15) is 66.6 Å². The Morgan fingerprint density at radius 2 is 1.26 bits per heavy atom. The van der Waals surface area contributed by atoms with Gasteiger partial charge < -0.3 is 62.5 Å². The second-order valence-electron chi connectivity index (χ2n) is 14.3. The Kier molecular flexibility index (Phi) is 17.0. The molecule has 0 radical (unpaired) electrons. The SMILES string of the molecule is COC(=O)C[C@H]1O[C@H](c2ccc(OC)c(Oc3ccc(NC(=O)C(C)C)cc3)c2)[C@@H](O)[C@@H](O[C@H]2O[C@H](COC(C)=O)[C@@H](OC(C)=O)[C@H](OC(C)=O)[C@@H]2OC(C)=O)[C@@H]1OC(C)=O. The van der Waals surface area contributed by atoms with E-state index in [-0.39, 0.29) is 28.9 Å². The van der Waals surface area contributed by atoms with E-state index < -0.39 is 110 Å². The average Bonchev–Trinajstić information content (AvgIpc) is 3.18. The Morgan fingerprint density at radius 3 is 1.80 bits per heavy atom. The summed E-state index contributed by atoms with van der Waals surface area (Å²) in [6.45, 7) is 8.24. The molecule has 0 unspecified atom stereocenters. The highest BCUT2D eigenvalue weighted by Gasteiger charge is 2.57. The van der Waals surface area contributed by atoms with Crippen molar-refractivity contribution in [2.75, 3.05) is 26.1 Å². The molecule has 2 fully saturated rings. The number of anilines is 1. The molecule has 1 amide bonds. The van der Waals surface area contributed by atoms with Crippen molar-refractivity contribution in [3.63, 3.8) is 0 Å². The van der Waals surface area contributed by atoms with E-state index in [9.17, 15) is 38.7 Å². The van der Waals surface area contributed by atoms with E-state index in [1.54, 1.807) is 38.1 Å². The molecule has 0 spiro atoms. The van der Waals surface area contributed by atoms with Crippen molar-refractivity contribution in [3.05, 3.63) is 48.0 Å². The van der Waals surface area contributed by atoms with Gasteiger partial charge in [-0.05, 0) is 42.0 Å². The van der Waals surface area contributed by atoms with Gasteiger partial charge in [0.25, 0.3) is 0 Å². The molecule has 2 heterocycles. The zero-order valence-corrected chi connectivity index (χ0v) is 35.1. The lowest BCUT2D eigenvalue weighted by molar-refractivity contribution is -0.344. The Balaban J connectivity index is 1.80. The van der Waals surface area contributed by atoms with E-state index in [1.807, 2.05) is 0 Å². The minimum absolute atomic E-state index is 0.151. The lowest BCUT2D eigenvalue weighted by Crippen LogP contribution is -2.65. The molecular weight excluding hydrogens is 810 g/mol. The van der Waals surface area contributed by atoms with Crippen molar-refractivity contribution in [1.29, 1.82) is 0 Å². The van der Waals surface area contributed by atoms with E-state index in [0.717, 1.165) is 41.7 Å². The van der Waals surface area contributed by atoms with Crippen LogP contribution in [0.15, 0.2) is 42.5 Å². The highest BCUT2D eigenvalue weighted by molar-refractivity contribution is 5.92. The number of methoxy groups -OCH3 is 2. The van der Waals surface area contributed by atoms with Gasteiger partial charge in [-0.3, -0.25) is 33.6 Å². The summed E-state index contributed by atoms with van der Waals surface area (Å²) in [4.78, 5) is 86.7. The van der Waals surface area contributed by atoms with E-state index in [0.29, 0.717) is 11.4 Å². The third-order valence-corrected chi connectivity index (χ3v) is 9.19. The number of carbonyl (C=O) groups is 7. The Hall–Kier alpha value is -5.83. The molecule has 4 rings (SSSR count). The molecule has 20 heteroatoms. The number of aliphatic hydroxyl groups excluding tert-OH is 1. The first kappa shape index (κ1) is 47.8. The monoisotopic (exact) mass is 861 g/mol. The first-order valence-corrected chi connectivity index (χ1v) is 19.1. The van der Waals surface area contributed by atoms with Crippen LogP contribution in [-0.2, 0) is 76.2 Å². The Bertz CT molecular complexity index is 1900. The fourth-order valence-corrected chi connectivity index (χ4v) is 6.53. The predicted octanol–water partition coefficient (Wildman–Crippen LogP) is 2.85. The van der Waals surface area contributed by atoms with Gasteiger partial charge in [-0.2, -0.15) is 0 Å². The van der Waals surface area contributed by atoms with Crippen LogP contribution >= 0.6 is 0 Å². The van der Waals surface area contributed by atoms with E-state index in [2.05, 4.69) is 5.32 Å². The zero-order chi connectivity index (χ0) is 45.1. The summed E-state index contributed by atoms with van der Waals surface area (Å²) >= 11 is 0. The van der Waals surface area contributed by atoms with Gasteiger partial charge in [0.15, 0.2) is 42.2 Å². The topological polar surface area (TPSA) is 253 Å². The first-order valence-electron chi connectivity index (χ1n) is 19.1. The number of hydrogen-bond acceptors (Lipinski definition) is 19. The first-order chi connectivity index (χ1) is 28.8. The molecule has 2 N–H and O–H groups in total. The summed E-state index contributed by atoms with van der Waals surface area (Å²) in [5.74, 6) is -4.78. The van der Waals surface area contributed by atoms with Gasteiger partial charge in [0, 0.05) is 46.2 Å². The number of ether oxygens (including phenoxy) is 11. The quantitative estimate of drug-likeness (QED) is 0.182. The Labute approximate surface area is 351 Å². The highest BCUT2D eigenvalue weighted by atomic mass is 16.7. The van der Waals surface area contributed by atoms with Crippen molar-refractivity contribution in [3.8, 4) is 17.2 Å². The van der Waals surface area contributed by atoms with Crippen molar-refractivity contribution < 1.29 is 90.8 Å². The van der Waals surface area contributed by atoms with Gasteiger partial charge >= 0.3 is 35.8 Å². The fraction of sp³-hybridized carbons (Fsp3) is 0.537. The molecule has 10 atom stereocenters. The molecule has 2 saturated heterocycles. The lowest BCUT2D eigenvalue weighted by Gasteiger charge is -2.48. The molecule has 2 aliphatic heterocycles. The largest absolute Gasteiger partial charge is 0.493 e. The molecule has 61 heavy (non-hydrogen) atoms. The highest BCUT2D eigenvalue weighted by Crippen LogP contribution is 2.42. The summed E-state index contributed by atoms with van der Waals surface area (Å²) in [5, 5.41) is 15.0. The fourth-order valence-electron chi connectivity index (χ4n) is 6.53. The van der Waals surface area contributed by atoms with Crippen molar-refractivity contribution >= 4 is 47.4 Å². The smallest absolute Gasteiger partial charge is 0.308 e. The normalized spacial score (nSPS) is 25.9. The van der Waals surface area contributed by atoms with Gasteiger partial charge in [0.05, 0.1) is 20.6 Å². The van der Waals surface area contributed by atoms with Crippen LogP contribution in [0.3, 0.4) is 0 Å². The molecule has 0 saturated carbocycles. The second kappa shape index (κ2) is 21.6. The van der Waals surface area contributed by atoms with Crippen LogP contribution in [0.5, 0.6) is 17.2 Å². The van der Waals surface area contributed by atoms with Crippen LogP contribution in [0.25, 0.3) is 0 Å². The average molecular weight is 862 g/mol. The molecule has 0 bridgehead atoms. The van der Waals surface area contributed by atoms with E-state index in [1.165, 1.54) is 25.3 Å². The summed E-state index contributed by atoms with van der Waals surface area (Å²) in [6, 6.07) is 11.1. The summed E-state index contributed by atoms with van der Waals surface area (Å²) in [6.07, 6.45) is -16.5. The number of rotatable bonds is 16. The molecule has 334 valence electrons. The zero-order valence-electron chi connectivity index (χ0n) is 35.1. The van der Waals surface area contributed by atoms with Crippen LogP contribution in [0.2, 0.25) is 0 Å². The second-order valence-corrected chi connectivity index (χ2v) is 14.3. The number of hydrogen-bond donors (Lipinski definition) is 2. The van der Waals surface area contributed by atoms with Gasteiger partial charge in [-0.1, -0.05) is 19.9 Å². The van der Waals surface area contributed by atoms with Gasteiger partial charge in [-0.25, -0.2) is 0 Å². The maximum atomic E-state index is 12.8. The van der Waals surface area contributed by atoms with E-state index >= 15 is 0 Å². The van der Waals surface area contributed by atoms with Crippen LogP contribution < -0.4 is 14.8 Å². The number of nitrogens with one attached hydrogen (secondary N) is 1. The third-order valence-electron chi connectivity index (χ3n) is 9.19. The lowest BCUT2D eigenvalue weighted by atomic mass is 9.89.